The van der Waals surface area contributed by atoms with Gasteiger partial charge in [-0.2, -0.15) is 0 Å². The van der Waals surface area contributed by atoms with Gasteiger partial charge in [-0.3, -0.25) is 4.79 Å². The molecule has 0 radical (unpaired) electrons. The Morgan fingerprint density at radius 2 is 1.64 bits per heavy atom. The molecule has 2 rings (SSSR count). The van der Waals surface area contributed by atoms with Gasteiger partial charge >= 0.3 is 6.36 Å². The third-order valence-corrected chi connectivity index (χ3v) is 2.82. The average molecular weight is 310 g/mol. The van der Waals surface area contributed by atoms with Crippen molar-refractivity contribution in [3.8, 4) is 5.75 Å². The van der Waals surface area contributed by atoms with Crippen molar-refractivity contribution in [2.24, 2.45) is 5.73 Å². The van der Waals surface area contributed by atoms with Gasteiger partial charge < -0.3 is 15.8 Å². The van der Waals surface area contributed by atoms with Gasteiger partial charge in [0.25, 0.3) is 0 Å². The van der Waals surface area contributed by atoms with Crippen LogP contribution < -0.4 is 15.8 Å². The number of rotatable bonds is 5. The maximum atomic E-state index is 12.1. The summed E-state index contributed by atoms with van der Waals surface area (Å²) in [4.78, 5) is 11.5. The van der Waals surface area contributed by atoms with Crippen molar-refractivity contribution in [3.63, 3.8) is 0 Å². The molecule has 1 amide bonds. The summed E-state index contributed by atoms with van der Waals surface area (Å²) in [5.41, 5.74) is 6.46. The third-order valence-electron chi connectivity index (χ3n) is 2.82. The highest BCUT2D eigenvalue weighted by Gasteiger charge is 2.31. The molecule has 0 saturated heterocycles. The number of hydrogen-bond acceptors (Lipinski definition) is 3. The van der Waals surface area contributed by atoms with E-state index in [1.807, 2.05) is 0 Å². The first-order valence-corrected chi connectivity index (χ1v) is 6.32. The number of carbonyl (C=O) groups excluding carboxylic acids is 1. The van der Waals surface area contributed by atoms with Crippen LogP contribution in [-0.4, -0.2) is 12.3 Å². The minimum absolute atomic E-state index is 0.339. The average Bonchev–Trinajstić information content (AvgIpc) is 2.45. The number of anilines is 1. The quantitative estimate of drug-likeness (QED) is 0.891. The first-order chi connectivity index (χ1) is 10.3. The Bertz CT molecular complexity index is 627. The number of benzene rings is 2. The molecule has 0 heterocycles. The molecule has 0 unspecified atom stereocenters. The molecule has 0 aliphatic rings. The second-order valence-corrected chi connectivity index (χ2v) is 4.46. The number of primary amides is 1. The molecule has 1 atom stereocenters. The van der Waals surface area contributed by atoms with E-state index in [-0.39, 0.29) is 5.75 Å². The normalized spacial score (nSPS) is 12.5. The Labute approximate surface area is 124 Å². The molecular weight excluding hydrogens is 297 g/mol. The molecule has 0 saturated carbocycles. The molecule has 7 heteroatoms. The summed E-state index contributed by atoms with van der Waals surface area (Å²) in [6.07, 6.45) is -4.74. The van der Waals surface area contributed by atoms with Crippen molar-refractivity contribution in [1.82, 2.24) is 0 Å². The monoisotopic (exact) mass is 310 g/mol. The summed E-state index contributed by atoms with van der Waals surface area (Å²) in [7, 11) is 0. The summed E-state index contributed by atoms with van der Waals surface area (Å²) in [5, 5.41) is 2.87. The minimum atomic E-state index is -4.74. The number of nitrogens with two attached hydrogens (primary N) is 1. The molecule has 22 heavy (non-hydrogen) atoms. The predicted octanol–water partition coefficient (Wildman–Crippen LogP) is 3.22. The highest BCUT2D eigenvalue weighted by Crippen LogP contribution is 2.25. The zero-order valence-corrected chi connectivity index (χ0v) is 11.3. The molecule has 0 bridgehead atoms. The second kappa shape index (κ2) is 6.38. The van der Waals surface area contributed by atoms with Gasteiger partial charge in [-0.15, -0.1) is 13.2 Å². The van der Waals surface area contributed by atoms with Crippen molar-refractivity contribution in [2.45, 2.75) is 12.4 Å². The Balaban J connectivity index is 2.13. The van der Waals surface area contributed by atoms with E-state index in [4.69, 9.17) is 5.73 Å². The van der Waals surface area contributed by atoms with Crippen molar-refractivity contribution in [3.05, 3.63) is 60.2 Å². The molecule has 0 aliphatic carbocycles. The van der Waals surface area contributed by atoms with Crippen LogP contribution in [0.4, 0.5) is 18.9 Å². The topological polar surface area (TPSA) is 64.4 Å². The van der Waals surface area contributed by atoms with Crippen LogP contribution in [0.1, 0.15) is 11.6 Å². The number of carbonyl (C=O) groups is 1. The Morgan fingerprint density at radius 1 is 1.05 bits per heavy atom. The Kier molecular flexibility index (Phi) is 4.55. The molecular formula is C15H13F3N2O2. The van der Waals surface area contributed by atoms with E-state index in [0.29, 0.717) is 11.3 Å². The molecule has 0 aliphatic heterocycles. The minimum Gasteiger partial charge on any atom is -0.406 e. The van der Waals surface area contributed by atoms with Gasteiger partial charge in [-0.25, -0.2) is 0 Å². The summed E-state index contributed by atoms with van der Waals surface area (Å²) < 4.78 is 40.0. The van der Waals surface area contributed by atoms with E-state index in [2.05, 4.69) is 10.1 Å². The standard InChI is InChI=1S/C15H13F3N2O2/c16-15(17,18)22-12-8-6-11(7-9-12)20-13(14(19)21)10-4-2-1-3-5-10/h1-9,13,20H,(H2,19,21)/t13-/m0/s1. The first-order valence-electron chi connectivity index (χ1n) is 6.32. The van der Waals surface area contributed by atoms with E-state index < -0.39 is 18.3 Å². The zero-order chi connectivity index (χ0) is 16.2. The number of ether oxygens (including phenoxy) is 1. The van der Waals surface area contributed by atoms with Crippen LogP contribution in [0.2, 0.25) is 0 Å². The van der Waals surface area contributed by atoms with Gasteiger partial charge in [0.15, 0.2) is 0 Å². The van der Waals surface area contributed by atoms with Crippen LogP contribution in [0, 0.1) is 0 Å². The van der Waals surface area contributed by atoms with Crippen LogP contribution in [0.5, 0.6) is 5.75 Å². The van der Waals surface area contributed by atoms with Gasteiger partial charge in [0, 0.05) is 5.69 Å². The van der Waals surface area contributed by atoms with E-state index in [9.17, 15) is 18.0 Å². The lowest BCUT2D eigenvalue weighted by Crippen LogP contribution is -2.27. The van der Waals surface area contributed by atoms with Crippen molar-refractivity contribution in [1.29, 1.82) is 0 Å². The number of nitrogens with one attached hydrogen (secondary N) is 1. The van der Waals surface area contributed by atoms with E-state index >= 15 is 0 Å². The van der Waals surface area contributed by atoms with Crippen molar-refractivity contribution < 1.29 is 22.7 Å². The number of halogens is 3. The summed E-state index contributed by atoms with van der Waals surface area (Å²) >= 11 is 0. The fourth-order valence-electron chi connectivity index (χ4n) is 1.88. The lowest BCUT2D eigenvalue weighted by molar-refractivity contribution is -0.274. The Morgan fingerprint density at radius 3 is 2.14 bits per heavy atom. The number of amides is 1. The molecule has 2 aromatic carbocycles. The van der Waals surface area contributed by atoms with Crippen LogP contribution >= 0.6 is 0 Å². The molecule has 3 N–H and O–H groups in total. The van der Waals surface area contributed by atoms with Crippen LogP contribution in [0.15, 0.2) is 54.6 Å². The van der Waals surface area contributed by atoms with Gasteiger partial charge in [0.05, 0.1) is 0 Å². The van der Waals surface area contributed by atoms with Crippen molar-refractivity contribution >= 4 is 11.6 Å². The SMILES string of the molecule is NC(=O)[C@@H](Nc1ccc(OC(F)(F)F)cc1)c1ccccc1. The smallest absolute Gasteiger partial charge is 0.406 e. The van der Waals surface area contributed by atoms with Gasteiger partial charge in [-0.05, 0) is 29.8 Å². The lowest BCUT2D eigenvalue weighted by atomic mass is 10.1. The van der Waals surface area contributed by atoms with Crippen LogP contribution in [0.3, 0.4) is 0 Å². The number of alkyl halides is 3. The Hall–Kier alpha value is -2.70. The molecule has 0 aromatic heterocycles. The summed E-state index contributed by atoms with van der Waals surface area (Å²) in [6, 6.07) is 13.0. The first kappa shape index (κ1) is 15.7. The van der Waals surface area contributed by atoms with E-state index in [0.717, 1.165) is 12.1 Å². The third kappa shape index (κ3) is 4.41. The van der Waals surface area contributed by atoms with Gasteiger partial charge in [0.2, 0.25) is 5.91 Å². The second-order valence-electron chi connectivity index (χ2n) is 4.46. The van der Waals surface area contributed by atoms with Gasteiger partial charge in [0.1, 0.15) is 11.8 Å². The molecule has 4 nitrogen and oxygen atoms in total. The van der Waals surface area contributed by atoms with Crippen LogP contribution in [0.25, 0.3) is 0 Å². The highest BCUT2D eigenvalue weighted by molar-refractivity contribution is 5.84. The summed E-state index contributed by atoms with van der Waals surface area (Å²) in [5.74, 6) is -0.935. The number of hydrogen-bond donors (Lipinski definition) is 2. The van der Waals surface area contributed by atoms with Crippen molar-refractivity contribution in [2.75, 3.05) is 5.32 Å². The molecule has 0 fully saturated rings. The maximum absolute atomic E-state index is 12.1. The predicted molar refractivity (Wildman–Crippen MR) is 75.1 cm³/mol. The van der Waals surface area contributed by atoms with Gasteiger partial charge in [-0.1, -0.05) is 30.3 Å². The molecule has 2 aromatic rings. The largest absolute Gasteiger partial charge is 0.573 e. The fourth-order valence-corrected chi connectivity index (χ4v) is 1.88. The van der Waals surface area contributed by atoms with Crippen LogP contribution in [-0.2, 0) is 4.79 Å². The molecule has 116 valence electrons. The maximum Gasteiger partial charge on any atom is 0.573 e. The lowest BCUT2D eigenvalue weighted by Gasteiger charge is -2.17. The fraction of sp³-hybridized carbons (Fsp3) is 0.133. The van der Waals surface area contributed by atoms with E-state index in [1.54, 1.807) is 30.3 Å². The summed E-state index contributed by atoms with van der Waals surface area (Å²) in [6.45, 7) is 0. The zero-order valence-electron chi connectivity index (χ0n) is 11.3. The molecule has 0 spiro atoms. The van der Waals surface area contributed by atoms with E-state index in [1.165, 1.54) is 12.1 Å². The highest BCUT2D eigenvalue weighted by atomic mass is 19.4.